The SMILES string of the molecule is OCc1sc(Cl)nc1-c1cccnc1. The van der Waals surface area contributed by atoms with Gasteiger partial charge in [0, 0.05) is 18.0 Å². The van der Waals surface area contributed by atoms with Gasteiger partial charge in [0.05, 0.1) is 17.2 Å². The molecule has 0 saturated heterocycles. The van der Waals surface area contributed by atoms with E-state index in [0.717, 1.165) is 16.1 Å². The van der Waals surface area contributed by atoms with Gasteiger partial charge >= 0.3 is 0 Å². The van der Waals surface area contributed by atoms with Crippen molar-refractivity contribution in [3.8, 4) is 11.3 Å². The van der Waals surface area contributed by atoms with Crippen LogP contribution in [0.5, 0.6) is 0 Å². The molecule has 0 bridgehead atoms. The Bertz CT molecular complexity index is 430. The van der Waals surface area contributed by atoms with Gasteiger partial charge in [-0.25, -0.2) is 4.98 Å². The number of aliphatic hydroxyl groups is 1. The van der Waals surface area contributed by atoms with Crippen molar-refractivity contribution in [2.24, 2.45) is 0 Å². The highest BCUT2D eigenvalue weighted by Gasteiger charge is 2.10. The molecule has 2 aromatic heterocycles. The molecule has 3 nitrogen and oxygen atoms in total. The zero-order valence-electron chi connectivity index (χ0n) is 7.14. The van der Waals surface area contributed by atoms with E-state index in [-0.39, 0.29) is 6.61 Å². The first kappa shape index (κ1) is 9.58. The summed E-state index contributed by atoms with van der Waals surface area (Å²) in [4.78, 5) is 8.89. The van der Waals surface area contributed by atoms with Gasteiger partial charge in [0.25, 0.3) is 0 Å². The molecule has 14 heavy (non-hydrogen) atoms. The van der Waals surface area contributed by atoms with Crippen molar-refractivity contribution >= 4 is 22.9 Å². The Labute approximate surface area is 90.0 Å². The fraction of sp³-hybridized carbons (Fsp3) is 0.111. The number of rotatable bonds is 2. The highest BCUT2D eigenvalue weighted by atomic mass is 35.5. The number of hydrogen-bond acceptors (Lipinski definition) is 4. The molecular formula is C9H7ClN2OS. The van der Waals surface area contributed by atoms with E-state index in [1.54, 1.807) is 12.4 Å². The van der Waals surface area contributed by atoms with E-state index in [1.165, 1.54) is 11.3 Å². The number of halogens is 1. The number of hydrogen-bond donors (Lipinski definition) is 1. The normalized spacial score (nSPS) is 10.4. The molecule has 5 heteroatoms. The van der Waals surface area contributed by atoms with Crippen LogP contribution < -0.4 is 0 Å². The Morgan fingerprint density at radius 3 is 3.00 bits per heavy atom. The summed E-state index contributed by atoms with van der Waals surface area (Å²) in [5, 5.41) is 9.08. The second-order valence-electron chi connectivity index (χ2n) is 2.64. The molecule has 0 aliphatic rings. The van der Waals surface area contributed by atoms with E-state index in [1.807, 2.05) is 12.1 Å². The third-order valence-corrected chi connectivity index (χ3v) is 2.89. The Morgan fingerprint density at radius 1 is 1.50 bits per heavy atom. The zero-order chi connectivity index (χ0) is 9.97. The van der Waals surface area contributed by atoms with Crippen molar-refractivity contribution in [2.75, 3.05) is 0 Å². The van der Waals surface area contributed by atoms with Crippen LogP contribution in [0.2, 0.25) is 4.47 Å². The molecule has 1 N–H and O–H groups in total. The average Bonchev–Trinajstić information content (AvgIpc) is 2.61. The maximum absolute atomic E-state index is 9.08. The molecule has 0 fully saturated rings. The van der Waals surface area contributed by atoms with Crippen LogP contribution in [-0.2, 0) is 6.61 Å². The quantitative estimate of drug-likeness (QED) is 0.855. The maximum Gasteiger partial charge on any atom is 0.184 e. The molecule has 72 valence electrons. The monoisotopic (exact) mass is 226 g/mol. The van der Waals surface area contributed by atoms with Crippen LogP contribution in [0, 0.1) is 0 Å². The average molecular weight is 227 g/mol. The van der Waals surface area contributed by atoms with Crippen molar-refractivity contribution in [1.82, 2.24) is 9.97 Å². The summed E-state index contributed by atoms with van der Waals surface area (Å²) in [5.41, 5.74) is 1.59. The standard InChI is InChI=1S/C9H7ClN2OS/c10-9-12-8(7(5-13)14-9)6-2-1-3-11-4-6/h1-4,13H,5H2. The molecular weight excluding hydrogens is 220 g/mol. The Balaban J connectivity index is 2.51. The summed E-state index contributed by atoms with van der Waals surface area (Å²) < 4.78 is 0.438. The minimum atomic E-state index is -0.0470. The van der Waals surface area contributed by atoms with Gasteiger partial charge in [0.15, 0.2) is 4.47 Å². The number of pyridine rings is 1. The van der Waals surface area contributed by atoms with Crippen LogP contribution in [0.3, 0.4) is 0 Å². The Morgan fingerprint density at radius 2 is 2.36 bits per heavy atom. The second kappa shape index (κ2) is 4.04. The van der Waals surface area contributed by atoms with Gasteiger partial charge in [-0.1, -0.05) is 11.6 Å². The van der Waals surface area contributed by atoms with Gasteiger partial charge in [0.1, 0.15) is 0 Å². The number of aliphatic hydroxyl groups excluding tert-OH is 1. The van der Waals surface area contributed by atoms with Gasteiger partial charge in [-0.3, -0.25) is 4.98 Å². The molecule has 0 spiro atoms. The molecule has 0 unspecified atom stereocenters. The van der Waals surface area contributed by atoms with Crippen molar-refractivity contribution < 1.29 is 5.11 Å². The number of thiazole rings is 1. The predicted molar refractivity (Wildman–Crippen MR) is 56.3 cm³/mol. The minimum absolute atomic E-state index is 0.0470. The third kappa shape index (κ3) is 1.77. The van der Waals surface area contributed by atoms with Gasteiger partial charge in [-0.05, 0) is 12.1 Å². The molecule has 0 aliphatic heterocycles. The smallest absolute Gasteiger partial charge is 0.184 e. The summed E-state index contributed by atoms with van der Waals surface area (Å²) in [6, 6.07) is 3.71. The van der Waals surface area contributed by atoms with Gasteiger partial charge in [-0.15, -0.1) is 11.3 Å². The van der Waals surface area contributed by atoms with E-state index in [9.17, 15) is 0 Å². The Kier molecular flexibility index (Phi) is 2.77. The fourth-order valence-corrected chi connectivity index (χ4v) is 2.19. The lowest BCUT2D eigenvalue weighted by molar-refractivity contribution is 0.286. The lowest BCUT2D eigenvalue weighted by Gasteiger charge is -1.97. The van der Waals surface area contributed by atoms with E-state index >= 15 is 0 Å². The third-order valence-electron chi connectivity index (χ3n) is 1.75. The number of nitrogens with zero attached hydrogens (tertiary/aromatic N) is 2. The van der Waals surface area contributed by atoms with Gasteiger partial charge < -0.3 is 5.11 Å². The summed E-state index contributed by atoms with van der Waals surface area (Å²) in [7, 11) is 0. The fourth-order valence-electron chi connectivity index (χ4n) is 1.16. The lowest BCUT2D eigenvalue weighted by Crippen LogP contribution is -1.85. The zero-order valence-corrected chi connectivity index (χ0v) is 8.72. The molecule has 0 radical (unpaired) electrons. The highest BCUT2D eigenvalue weighted by molar-refractivity contribution is 7.16. The molecule has 0 aliphatic carbocycles. The van der Waals surface area contributed by atoms with Crippen molar-refractivity contribution in [2.45, 2.75) is 6.61 Å². The lowest BCUT2D eigenvalue weighted by atomic mass is 10.2. The van der Waals surface area contributed by atoms with Crippen LogP contribution in [0.4, 0.5) is 0 Å². The van der Waals surface area contributed by atoms with Crippen LogP contribution in [0.25, 0.3) is 11.3 Å². The molecule has 0 amide bonds. The van der Waals surface area contributed by atoms with Gasteiger partial charge in [0.2, 0.25) is 0 Å². The Hall–Kier alpha value is -0.970. The largest absolute Gasteiger partial charge is 0.391 e. The second-order valence-corrected chi connectivity index (χ2v) is 4.30. The molecule has 0 atom stereocenters. The summed E-state index contributed by atoms with van der Waals surface area (Å²) >= 11 is 7.06. The molecule has 2 heterocycles. The van der Waals surface area contributed by atoms with E-state index in [0.29, 0.717) is 4.47 Å². The molecule has 0 saturated carbocycles. The first-order valence-electron chi connectivity index (χ1n) is 3.97. The van der Waals surface area contributed by atoms with Crippen LogP contribution >= 0.6 is 22.9 Å². The van der Waals surface area contributed by atoms with Crippen LogP contribution in [0.15, 0.2) is 24.5 Å². The van der Waals surface area contributed by atoms with Crippen LogP contribution in [-0.4, -0.2) is 15.1 Å². The van der Waals surface area contributed by atoms with Gasteiger partial charge in [-0.2, -0.15) is 0 Å². The predicted octanol–water partition coefficient (Wildman–Crippen LogP) is 2.35. The maximum atomic E-state index is 9.08. The van der Waals surface area contributed by atoms with Crippen molar-refractivity contribution in [3.63, 3.8) is 0 Å². The highest BCUT2D eigenvalue weighted by Crippen LogP contribution is 2.30. The molecule has 2 rings (SSSR count). The summed E-state index contributed by atoms with van der Waals surface area (Å²) in [6.45, 7) is -0.0470. The summed E-state index contributed by atoms with van der Waals surface area (Å²) in [5.74, 6) is 0. The first-order chi connectivity index (χ1) is 6.81. The molecule has 0 aromatic carbocycles. The first-order valence-corrected chi connectivity index (χ1v) is 5.17. The van der Waals surface area contributed by atoms with Crippen molar-refractivity contribution in [3.05, 3.63) is 33.9 Å². The van der Waals surface area contributed by atoms with E-state index < -0.39 is 0 Å². The van der Waals surface area contributed by atoms with Crippen LogP contribution in [0.1, 0.15) is 4.88 Å². The molecule has 2 aromatic rings. The van der Waals surface area contributed by atoms with Crippen molar-refractivity contribution in [1.29, 1.82) is 0 Å². The minimum Gasteiger partial charge on any atom is -0.391 e. The topological polar surface area (TPSA) is 46.0 Å². The number of aromatic nitrogens is 2. The summed E-state index contributed by atoms with van der Waals surface area (Å²) in [6.07, 6.45) is 3.39. The van der Waals surface area contributed by atoms with E-state index in [2.05, 4.69) is 9.97 Å². The van der Waals surface area contributed by atoms with E-state index in [4.69, 9.17) is 16.7 Å².